The lowest BCUT2D eigenvalue weighted by Crippen LogP contribution is -2.18. The molecule has 0 saturated heterocycles. The molecule has 0 bridgehead atoms. The summed E-state index contributed by atoms with van der Waals surface area (Å²) in [6, 6.07) is 4.19. The number of rotatable bonds is 8. The molecule has 0 aliphatic carbocycles. The molecule has 21 heavy (non-hydrogen) atoms. The Labute approximate surface area is 127 Å². The Kier molecular flexibility index (Phi) is 6.08. The van der Waals surface area contributed by atoms with E-state index in [1.165, 1.54) is 5.56 Å². The molecular weight excluding hydrogens is 266 g/mol. The van der Waals surface area contributed by atoms with E-state index in [2.05, 4.69) is 36.5 Å². The average Bonchev–Trinajstić information content (AvgIpc) is 2.82. The third-order valence-electron chi connectivity index (χ3n) is 3.37. The van der Waals surface area contributed by atoms with E-state index < -0.39 is 0 Å². The largest absolute Gasteiger partial charge is 0.493 e. The molecule has 0 saturated carbocycles. The molecular formula is C17H25NO3. The number of hydrogen-bond acceptors (Lipinski definition) is 4. The fraction of sp³-hybridized carbons (Fsp3) is 0.529. The quantitative estimate of drug-likeness (QED) is 0.748. The number of nitrogens with one attached hydrogen (secondary N) is 1. The summed E-state index contributed by atoms with van der Waals surface area (Å²) in [6.07, 6.45) is 5.39. The highest BCUT2D eigenvalue weighted by Gasteiger charge is 2.21. The van der Waals surface area contributed by atoms with Gasteiger partial charge in [-0.05, 0) is 26.0 Å². The van der Waals surface area contributed by atoms with Crippen molar-refractivity contribution >= 4 is 6.08 Å². The van der Waals surface area contributed by atoms with Gasteiger partial charge in [0, 0.05) is 37.7 Å². The summed E-state index contributed by atoms with van der Waals surface area (Å²) in [6.45, 7) is 7.15. The first-order valence-electron chi connectivity index (χ1n) is 7.57. The van der Waals surface area contributed by atoms with Crippen molar-refractivity contribution in [3.8, 4) is 11.5 Å². The topological polar surface area (TPSA) is 39.7 Å². The second-order valence-electron chi connectivity index (χ2n) is 5.16. The first-order valence-corrected chi connectivity index (χ1v) is 7.57. The van der Waals surface area contributed by atoms with Gasteiger partial charge in [0.05, 0.1) is 13.2 Å². The molecule has 0 amide bonds. The van der Waals surface area contributed by atoms with Gasteiger partial charge >= 0.3 is 0 Å². The maximum absolute atomic E-state index is 5.82. The van der Waals surface area contributed by atoms with E-state index in [1.807, 2.05) is 6.92 Å². The normalized spacial score (nSPS) is 17.0. The van der Waals surface area contributed by atoms with E-state index >= 15 is 0 Å². The van der Waals surface area contributed by atoms with Gasteiger partial charge in [-0.15, -0.1) is 0 Å². The van der Waals surface area contributed by atoms with Crippen LogP contribution in [0.15, 0.2) is 18.2 Å². The molecule has 4 nitrogen and oxygen atoms in total. The molecule has 116 valence electrons. The highest BCUT2D eigenvalue weighted by molar-refractivity contribution is 5.62. The van der Waals surface area contributed by atoms with Crippen molar-refractivity contribution in [1.82, 2.24) is 5.32 Å². The molecule has 0 fully saturated rings. The zero-order valence-electron chi connectivity index (χ0n) is 13.1. The highest BCUT2D eigenvalue weighted by atomic mass is 16.5. The van der Waals surface area contributed by atoms with Crippen LogP contribution < -0.4 is 14.8 Å². The van der Waals surface area contributed by atoms with Gasteiger partial charge in [-0.2, -0.15) is 0 Å². The number of benzene rings is 1. The molecule has 1 aromatic carbocycles. The minimum atomic E-state index is 0.254. The van der Waals surface area contributed by atoms with Crippen LogP contribution in [0.4, 0.5) is 0 Å². The lowest BCUT2D eigenvalue weighted by Gasteiger charge is -2.10. The van der Waals surface area contributed by atoms with Crippen molar-refractivity contribution in [2.24, 2.45) is 0 Å². The van der Waals surface area contributed by atoms with Gasteiger partial charge in [0.1, 0.15) is 17.6 Å². The number of ether oxygens (including phenoxy) is 3. The minimum Gasteiger partial charge on any atom is -0.493 e. The zero-order chi connectivity index (χ0) is 15.1. The first kappa shape index (κ1) is 15.9. The van der Waals surface area contributed by atoms with E-state index in [0.717, 1.165) is 43.2 Å². The average molecular weight is 291 g/mol. The highest BCUT2D eigenvalue weighted by Crippen LogP contribution is 2.35. The number of fused-ring (bicyclic) bond motifs is 1. The number of hydrogen-bond donors (Lipinski definition) is 1. The lowest BCUT2D eigenvalue weighted by atomic mass is 10.1. The van der Waals surface area contributed by atoms with E-state index in [-0.39, 0.29) is 6.10 Å². The predicted octanol–water partition coefficient (Wildman–Crippen LogP) is 2.66. The van der Waals surface area contributed by atoms with Gasteiger partial charge in [0.2, 0.25) is 0 Å². The molecule has 0 aromatic heterocycles. The molecule has 4 heteroatoms. The van der Waals surface area contributed by atoms with Crippen LogP contribution in [0.3, 0.4) is 0 Å². The third-order valence-corrected chi connectivity index (χ3v) is 3.37. The van der Waals surface area contributed by atoms with Gasteiger partial charge in [0.15, 0.2) is 0 Å². The maximum Gasteiger partial charge on any atom is 0.127 e. The molecule has 1 aliphatic rings. The van der Waals surface area contributed by atoms with Crippen LogP contribution in [-0.4, -0.2) is 39.5 Å². The van der Waals surface area contributed by atoms with Gasteiger partial charge < -0.3 is 19.5 Å². The maximum atomic E-state index is 5.82. The monoisotopic (exact) mass is 291 g/mol. The van der Waals surface area contributed by atoms with Gasteiger partial charge in [-0.3, -0.25) is 0 Å². The van der Waals surface area contributed by atoms with Crippen LogP contribution >= 0.6 is 0 Å². The molecule has 1 atom stereocenters. The van der Waals surface area contributed by atoms with Gasteiger partial charge in [0.25, 0.3) is 0 Å². The summed E-state index contributed by atoms with van der Waals surface area (Å²) in [4.78, 5) is 0. The molecule has 1 heterocycles. The summed E-state index contributed by atoms with van der Waals surface area (Å²) in [5.74, 6) is 1.92. The van der Waals surface area contributed by atoms with E-state index in [4.69, 9.17) is 14.2 Å². The Morgan fingerprint density at radius 1 is 1.43 bits per heavy atom. The molecule has 0 radical (unpaired) electrons. The Morgan fingerprint density at radius 2 is 2.29 bits per heavy atom. The van der Waals surface area contributed by atoms with E-state index in [0.29, 0.717) is 6.61 Å². The summed E-state index contributed by atoms with van der Waals surface area (Å²) in [5.41, 5.74) is 2.31. The molecule has 0 spiro atoms. The van der Waals surface area contributed by atoms with Crippen molar-refractivity contribution in [2.75, 3.05) is 33.4 Å². The predicted molar refractivity (Wildman–Crippen MR) is 85.2 cm³/mol. The Morgan fingerprint density at radius 3 is 3.05 bits per heavy atom. The van der Waals surface area contributed by atoms with Crippen LogP contribution in [0.5, 0.6) is 11.5 Å². The van der Waals surface area contributed by atoms with Crippen LogP contribution in [0.25, 0.3) is 6.08 Å². The second kappa shape index (κ2) is 8.05. The molecule has 1 aliphatic heterocycles. The van der Waals surface area contributed by atoms with Crippen molar-refractivity contribution in [3.05, 3.63) is 29.3 Å². The van der Waals surface area contributed by atoms with E-state index in [9.17, 15) is 0 Å². The standard InChI is InChI=1S/C17H25NO3/c1-4-20-16-12-15-10-13(2)21-17(15)11-14(16)6-5-7-18-8-9-19-3/h5-6,11-13,18H,4,7-10H2,1-3H3. The first-order chi connectivity index (χ1) is 10.2. The van der Waals surface area contributed by atoms with Crippen molar-refractivity contribution < 1.29 is 14.2 Å². The zero-order valence-corrected chi connectivity index (χ0v) is 13.1. The van der Waals surface area contributed by atoms with Crippen molar-refractivity contribution in [2.45, 2.75) is 26.4 Å². The Hall–Kier alpha value is -1.52. The third kappa shape index (κ3) is 4.48. The van der Waals surface area contributed by atoms with Crippen molar-refractivity contribution in [1.29, 1.82) is 0 Å². The lowest BCUT2D eigenvalue weighted by molar-refractivity contribution is 0.200. The molecule has 1 N–H and O–H groups in total. The van der Waals surface area contributed by atoms with Gasteiger partial charge in [-0.1, -0.05) is 12.2 Å². The molecule has 1 aromatic rings. The fourth-order valence-electron chi connectivity index (χ4n) is 2.41. The molecule has 2 rings (SSSR count). The fourth-order valence-corrected chi connectivity index (χ4v) is 2.41. The summed E-state index contributed by atoms with van der Waals surface area (Å²) >= 11 is 0. The summed E-state index contributed by atoms with van der Waals surface area (Å²) in [5, 5.41) is 3.28. The van der Waals surface area contributed by atoms with Gasteiger partial charge in [-0.25, -0.2) is 0 Å². The summed E-state index contributed by atoms with van der Waals surface area (Å²) in [7, 11) is 1.71. The van der Waals surface area contributed by atoms with Crippen LogP contribution in [0, 0.1) is 0 Å². The smallest absolute Gasteiger partial charge is 0.127 e. The summed E-state index contributed by atoms with van der Waals surface area (Å²) < 4.78 is 16.6. The van der Waals surface area contributed by atoms with Crippen LogP contribution in [0.1, 0.15) is 25.0 Å². The minimum absolute atomic E-state index is 0.254. The Bertz CT molecular complexity index is 485. The number of methoxy groups -OCH3 is 1. The SMILES string of the molecule is CCOc1cc2c(cc1C=CCNCCOC)OC(C)C2. The van der Waals surface area contributed by atoms with E-state index in [1.54, 1.807) is 7.11 Å². The second-order valence-corrected chi connectivity index (χ2v) is 5.16. The van der Waals surface area contributed by atoms with Crippen LogP contribution in [0.2, 0.25) is 0 Å². The van der Waals surface area contributed by atoms with Crippen LogP contribution in [-0.2, 0) is 11.2 Å². The Balaban J connectivity index is 2.03. The molecule has 1 unspecified atom stereocenters. The van der Waals surface area contributed by atoms with Crippen molar-refractivity contribution in [3.63, 3.8) is 0 Å².